The Labute approximate surface area is 118 Å². The van der Waals surface area contributed by atoms with Gasteiger partial charge in [0.1, 0.15) is 5.82 Å². The third kappa shape index (κ3) is 3.01. The molecule has 0 radical (unpaired) electrons. The Morgan fingerprint density at radius 2 is 2.21 bits per heavy atom. The van der Waals surface area contributed by atoms with Crippen molar-refractivity contribution in [2.24, 2.45) is 0 Å². The van der Waals surface area contributed by atoms with E-state index in [9.17, 15) is 9.50 Å². The molecule has 0 saturated carbocycles. The third-order valence-electron chi connectivity index (χ3n) is 2.95. The highest BCUT2D eigenvalue weighted by Gasteiger charge is 2.23. The highest BCUT2D eigenvalue weighted by Crippen LogP contribution is 2.29. The Kier molecular flexibility index (Phi) is 4.31. The molecule has 2 rings (SSSR count). The maximum absolute atomic E-state index is 13.2. The van der Waals surface area contributed by atoms with E-state index in [1.165, 1.54) is 12.1 Å². The first-order valence-electron chi connectivity index (χ1n) is 6.00. The molecule has 2 atom stereocenters. The summed E-state index contributed by atoms with van der Waals surface area (Å²) in [5.41, 5.74) is 0.524. The maximum Gasteiger partial charge on any atom is 0.232 e. The summed E-state index contributed by atoms with van der Waals surface area (Å²) in [6, 6.07) is 4.27. The van der Waals surface area contributed by atoms with Gasteiger partial charge >= 0.3 is 0 Å². The van der Waals surface area contributed by atoms with Crippen LogP contribution in [0.1, 0.15) is 32.1 Å². The van der Waals surface area contributed by atoms with E-state index < -0.39 is 6.10 Å². The van der Waals surface area contributed by atoms with E-state index in [2.05, 4.69) is 26.1 Å². The topological polar surface area (TPSA) is 59.2 Å². The van der Waals surface area contributed by atoms with Crippen molar-refractivity contribution in [3.05, 3.63) is 34.4 Å². The zero-order chi connectivity index (χ0) is 14.0. The first-order valence-corrected chi connectivity index (χ1v) is 6.79. The molecule has 1 heterocycles. The van der Waals surface area contributed by atoms with Crippen molar-refractivity contribution in [1.29, 1.82) is 0 Å². The molecular formula is C13H14BrFN2O2. The normalized spacial score (nSPS) is 14.4. The molecule has 102 valence electrons. The summed E-state index contributed by atoms with van der Waals surface area (Å²) in [6.45, 7) is 3.61. The molecule has 1 N–H and O–H groups in total. The van der Waals surface area contributed by atoms with Gasteiger partial charge in [0, 0.05) is 10.0 Å². The van der Waals surface area contributed by atoms with Crippen LogP contribution >= 0.6 is 15.9 Å². The van der Waals surface area contributed by atoms with Crippen molar-refractivity contribution >= 4 is 15.9 Å². The van der Waals surface area contributed by atoms with Crippen molar-refractivity contribution in [1.82, 2.24) is 10.1 Å². The van der Waals surface area contributed by atoms with E-state index in [-0.39, 0.29) is 11.7 Å². The minimum Gasteiger partial charge on any atom is -0.393 e. The van der Waals surface area contributed by atoms with Gasteiger partial charge in [-0.15, -0.1) is 0 Å². The fourth-order valence-electron chi connectivity index (χ4n) is 1.89. The second-order valence-electron chi connectivity index (χ2n) is 4.34. The molecule has 0 aliphatic rings. The minimum atomic E-state index is -0.575. The van der Waals surface area contributed by atoms with Gasteiger partial charge in [0.25, 0.3) is 0 Å². The van der Waals surface area contributed by atoms with Crippen LogP contribution in [0.25, 0.3) is 11.4 Å². The van der Waals surface area contributed by atoms with Crippen LogP contribution in [0.3, 0.4) is 0 Å². The zero-order valence-electron chi connectivity index (χ0n) is 10.6. The van der Waals surface area contributed by atoms with Crippen molar-refractivity contribution in [3.8, 4) is 11.4 Å². The van der Waals surface area contributed by atoms with Crippen LogP contribution in [0, 0.1) is 5.82 Å². The molecule has 2 aromatic rings. The zero-order valence-corrected chi connectivity index (χ0v) is 12.2. The molecule has 0 amide bonds. The Morgan fingerprint density at radius 3 is 2.84 bits per heavy atom. The number of hydrogen-bond acceptors (Lipinski definition) is 4. The largest absolute Gasteiger partial charge is 0.393 e. The number of hydrogen-bond donors (Lipinski definition) is 1. The lowest BCUT2D eigenvalue weighted by Crippen LogP contribution is -2.14. The smallest absolute Gasteiger partial charge is 0.232 e. The minimum absolute atomic E-state index is 0.214. The summed E-state index contributed by atoms with van der Waals surface area (Å²) in [7, 11) is 0. The van der Waals surface area contributed by atoms with Crippen molar-refractivity contribution < 1.29 is 14.0 Å². The van der Waals surface area contributed by atoms with Crippen LogP contribution in [0.2, 0.25) is 0 Å². The molecule has 0 spiro atoms. The predicted molar refractivity (Wildman–Crippen MR) is 72.1 cm³/mol. The highest BCUT2D eigenvalue weighted by molar-refractivity contribution is 9.10. The molecule has 0 bridgehead atoms. The Bertz CT molecular complexity index is 572. The monoisotopic (exact) mass is 328 g/mol. The number of aliphatic hydroxyl groups is 1. The van der Waals surface area contributed by atoms with Crippen LogP contribution in [0.5, 0.6) is 0 Å². The molecular weight excluding hydrogens is 315 g/mol. The molecule has 0 saturated heterocycles. The van der Waals surface area contributed by atoms with E-state index in [1.807, 2.05) is 6.92 Å². The van der Waals surface area contributed by atoms with Gasteiger partial charge in [-0.1, -0.05) is 28.0 Å². The molecule has 6 heteroatoms. The van der Waals surface area contributed by atoms with Crippen LogP contribution in [-0.2, 0) is 0 Å². The number of benzene rings is 1. The lowest BCUT2D eigenvalue weighted by molar-refractivity contribution is 0.141. The Morgan fingerprint density at radius 1 is 1.47 bits per heavy atom. The second kappa shape index (κ2) is 5.79. The average molecular weight is 329 g/mol. The summed E-state index contributed by atoms with van der Waals surface area (Å²) >= 11 is 3.32. The fraction of sp³-hybridized carbons (Fsp3) is 0.385. The van der Waals surface area contributed by atoms with Gasteiger partial charge in [0.2, 0.25) is 11.7 Å². The van der Waals surface area contributed by atoms with Gasteiger partial charge in [0.05, 0.1) is 12.0 Å². The lowest BCUT2D eigenvalue weighted by Gasteiger charge is -2.12. The number of aliphatic hydroxyl groups excluding tert-OH is 1. The molecule has 19 heavy (non-hydrogen) atoms. The standard InChI is InChI=1S/C13H14BrFN2O2/c1-3-9(7(2)18)13-16-12(17-19-13)10-6-8(15)4-5-11(10)14/h4-7,9,18H,3H2,1-2H3. The lowest BCUT2D eigenvalue weighted by atomic mass is 10.0. The van der Waals surface area contributed by atoms with E-state index >= 15 is 0 Å². The molecule has 0 aliphatic carbocycles. The van der Waals surface area contributed by atoms with E-state index in [1.54, 1.807) is 13.0 Å². The van der Waals surface area contributed by atoms with E-state index in [0.717, 1.165) is 0 Å². The molecule has 4 nitrogen and oxygen atoms in total. The predicted octanol–water partition coefficient (Wildman–Crippen LogP) is 3.51. The SMILES string of the molecule is CCC(c1nc(-c2cc(F)ccc2Br)no1)C(C)O. The van der Waals surface area contributed by atoms with Gasteiger partial charge in [-0.25, -0.2) is 4.39 Å². The van der Waals surface area contributed by atoms with Gasteiger partial charge < -0.3 is 9.63 Å². The number of halogens is 2. The average Bonchev–Trinajstić information content (AvgIpc) is 2.82. The van der Waals surface area contributed by atoms with Gasteiger partial charge in [-0.3, -0.25) is 0 Å². The molecule has 0 fully saturated rings. The highest BCUT2D eigenvalue weighted by atomic mass is 79.9. The molecule has 1 aromatic carbocycles. The summed E-state index contributed by atoms with van der Waals surface area (Å²) in [4.78, 5) is 4.24. The third-order valence-corrected chi connectivity index (χ3v) is 3.64. The first-order chi connectivity index (χ1) is 9.02. The number of rotatable bonds is 4. The summed E-state index contributed by atoms with van der Waals surface area (Å²) < 4.78 is 19.1. The van der Waals surface area contributed by atoms with Crippen molar-refractivity contribution in [2.45, 2.75) is 32.3 Å². The maximum atomic E-state index is 13.2. The van der Waals surface area contributed by atoms with Gasteiger partial charge in [-0.2, -0.15) is 4.98 Å². The first kappa shape index (κ1) is 14.1. The summed E-state index contributed by atoms with van der Waals surface area (Å²) in [6.07, 6.45) is 0.109. The Hall–Kier alpha value is -1.27. The van der Waals surface area contributed by atoms with Gasteiger partial charge in [0.15, 0.2) is 0 Å². The summed E-state index contributed by atoms with van der Waals surface area (Å²) in [5.74, 6) is 0.0878. The number of nitrogens with zero attached hydrogens (tertiary/aromatic N) is 2. The Balaban J connectivity index is 2.38. The molecule has 1 aromatic heterocycles. The van der Waals surface area contributed by atoms with Crippen LogP contribution in [0.4, 0.5) is 4.39 Å². The number of aromatic nitrogens is 2. The van der Waals surface area contributed by atoms with Crippen molar-refractivity contribution in [3.63, 3.8) is 0 Å². The van der Waals surface area contributed by atoms with Gasteiger partial charge in [-0.05, 0) is 31.5 Å². The van der Waals surface area contributed by atoms with E-state index in [4.69, 9.17) is 4.52 Å². The summed E-state index contributed by atoms with van der Waals surface area (Å²) in [5, 5.41) is 13.5. The second-order valence-corrected chi connectivity index (χ2v) is 5.19. The van der Waals surface area contributed by atoms with Crippen LogP contribution in [-0.4, -0.2) is 21.4 Å². The van der Waals surface area contributed by atoms with E-state index in [0.29, 0.717) is 28.2 Å². The van der Waals surface area contributed by atoms with Crippen LogP contribution in [0.15, 0.2) is 27.2 Å². The van der Waals surface area contributed by atoms with Crippen LogP contribution < -0.4 is 0 Å². The fourth-order valence-corrected chi connectivity index (χ4v) is 2.31. The van der Waals surface area contributed by atoms with Crippen molar-refractivity contribution in [2.75, 3.05) is 0 Å². The quantitative estimate of drug-likeness (QED) is 0.932. The molecule has 2 unspecified atom stereocenters. The molecule has 0 aliphatic heterocycles.